The Morgan fingerprint density at radius 2 is 1.14 bits per heavy atom. The molecule has 22 heavy (non-hydrogen) atoms. The molecule has 130 valence electrons. The number of carbonyl (C=O) groups excluding carboxylic acids is 2. The molecule has 0 fully saturated rings. The van der Waals surface area contributed by atoms with E-state index in [0.29, 0.717) is 0 Å². The number of nitrogens with zero attached hydrogens (tertiary/aromatic N) is 1. The monoisotopic (exact) mass is 398 g/mol. The van der Waals surface area contributed by atoms with E-state index in [9.17, 15) is 28.2 Å². The first-order valence-electron chi connectivity index (χ1n) is 4.97. The van der Waals surface area contributed by atoms with Gasteiger partial charge in [-0.05, 0) is 12.1 Å². The zero-order valence-corrected chi connectivity index (χ0v) is 15.0. The Balaban J connectivity index is -0.000000138. The van der Waals surface area contributed by atoms with Crippen molar-refractivity contribution < 1.29 is 50.2 Å². The van der Waals surface area contributed by atoms with Gasteiger partial charge in [0.25, 0.3) is 0 Å². The van der Waals surface area contributed by atoms with E-state index in [2.05, 4.69) is 4.98 Å². The summed E-state index contributed by atoms with van der Waals surface area (Å²) in [6, 6.07) is 3.53. The van der Waals surface area contributed by atoms with E-state index < -0.39 is 44.9 Å². The Hall–Kier alpha value is -1.16. The molecule has 0 unspecified atom stereocenters. The maximum atomic E-state index is 10.2. The van der Waals surface area contributed by atoms with Gasteiger partial charge in [0.05, 0.1) is 23.3 Å². The molecule has 1 rings (SSSR count). The maximum Gasteiger partial charge on any atom is 2.00 e. The fourth-order valence-corrected chi connectivity index (χ4v) is 0.662. The van der Waals surface area contributed by atoms with Crippen LogP contribution in [0.5, 0.6) is 0 Å². The van der Waals surface area contributed by atoms with Gasteiger partial charge in [-0.15, -0.1) is 0 Å². The molecule has 0 spiro atoms. The summed E-state index contributed by atoms with van der Waals surface area (Å²) in [6.07, 6.45) is 6.56. The minimum Gasteiger partial charge on any atom is -0.543 e. The summed E-state index contributed by atoms with van der Waals surface area (Å²) in [4.78, 5) is 23.6. The summed E-state index contributed by atoms with van der Waals surface area (Å²) in [5, 5.41) is 20.4. The van der Waals surface area contributed by atoms with E-state index in [0.717, 1.165) is 12.1 Å². The van der Waals surface area contributed by atoms with Crippen molar-refractivity contribution in [1.82, 2.24) is 4.98 Å². The Labute approximate surface area is 143 Å². The molecule has 1 aromatic heterocycles. The smallest absolute Gasteiger partial charge is 0.543 e. The van der Waals surface area contributed by atoms with Crippen molar-refractivity contribution in [3.8, 4) is 0 Å². The molecule has 0 aliphatic carbocycles. The quantitative estimate of drug-likeness (QED) is 0.375. The number of rotatable bonds is 2. The van der Waals surface area contributed by atoms with Gasteiger partial charge in [0.2, 0.25) is 0 Å². The summed E-state index contributed by atoms with van der Waals surface area (Å²) >= 11 is 0. The largest absolute Gasteiger partial charge is 2.00 e. The molecule has 0 aliphatic rings. The van der Waals surface area contributed by atoms with Gasteiger partial charge in [-0.3, -0.25) is 8.42 Å². The minimum atomic E-state index is -1.52. The first-order valence-corrected chi connectivity index (χ1v) is 8.91. The Bertz CT molecular complexity index is 462. The van der Waals surface area contributed by atoms with E-state index >= 15 is 0 Å². The number of pyridine rings is 1. The van der Waals surface area contributed by atoms with Crippen molar-refractivity contribution in [1.29, 1.82) is 0 Å². The van der Waals surface area contributed by atoms with Gasteiger partial charge in [-0.25, -0.2) is 4.98 Å². The van der Waals surface area contributed by atoms with Gasteiger partial charge < -0.3 is 25.3 Å². The predicted octanol–water partition coefficient (Wildman–Crippen LogP) is -3.13. The number of hydrogen-bond acceptors (Lipinski definition) is 7. The predicted molar refractivity (Wildman–Crippen MR) is 77.8 cm³/mol. The van der Waals surface area contributed by atoms with E-state index in [-0.39, 0.29) is 22.0 Å². The third-order valence-electron chi connectivity index (χ3n) is 1.17. The summed E-state index contributed by atoms with van der Waals surface area (Å²) < 4.78 is 19.1. The number of carboxylic acids is 2. The van der Waals surface area contributed by atoms with Crippen LogP contribution in [0.25, 0.3) is 0 Å². The van der Waals surface area contributed by atoms with Gasteiger partial charge in [-0.2, -0.15) is 0 Å². The Morgan fingerprint density at radius 1 is 0.909 bits per heavy atom. The minimum absolute atomic E-state index is 0. The summed E-state index contributed by atoms with van der Waals surface area (Å²) in [5.74, 6) is -3.03. The van der Waals surface area contributed by atoms with Crippen molar-refractivity contribution in [2.45, 2.75) is 0 Å². The van der Waals surface area contributed by atoms with Crippen LogP contribution in [0.4, 0.5) is 0 Å². The molecule has 0 amide bonds. The molecule has 1 heterocycles. The van der Waals surface area contributed by atoms with Crippen molar-refractivity contribution in [3.63, 3.8) is 0 Å². The van der Waals surface area contributed by atoms with Crippen molar-refractivity contribution in [2.24, 2.45) is 0 Å². The van der Waals surface area contributed by atoms with Crippen LogP contribution in [0.1, 0.15) is 21.0 Å². The molecule has 0 radical (unpaired) electrons. The average molecular weight is 399 g/mol. The summed E-state index contributed by atoms with van der Waals surface area (Å²) in [5.41, 5.74) is -0.839. The maximum absolute atomic E-state index is 10.2. The van der Waals surface area contributed by atoms with E-state index in [4.69, 9.17) is 0 Å². The van der Waals surface area contributed by atoms with Crippen molar-refractivity contribution in [3.05, 3.63) is 29.6 Å². The molecular weight excluding hydrogens is 381 g/mol. The Kier molecular flexibility index (Phi) is 21.3. The van der Waals surface area contributed by atoms with Crippen molar-refractivity contribution >= 4 is 33.5 Å². The molecule has 8 nitrogen and oxygen atoms in total. The van der Waals surface area contributed by atoms with Crippen LogP contribution in [-0.2, 0) is 43.6 Å². The normalized spacial score (nSPS) is 8.27. The topological polar surface area (TPSA) is 160 Å². The van der Waals surface area contributed by atoms with Crippen LogP contribution in [-0.4, -0.2) is 50.4 Å². The molecule has 0 saturated carbocycles. The third kappa shape index (κ3) is 21.1. The molecular formula is C11H18NNiO7S2+. The zero-order valence-electron chi connectivity index (χ0n) is 12.3. The van der Waals surface area contributed by atoms with Crippen LogP contribution in [0.2, 0.25) is 0 Å². The van der Waals surface area contributed by atoms with Crippen LogP contribution >= 0.6 is 0 Å². The third-order valence-corrected chi connectivity index (χ3v) is 1.17. The molecule has 0 aromatic carbocycles. The van der Waals surface area contributed by atoms with Gasteiger partial charge in [0.1, 0.15) is 0 Å². The fourth-order valence-electron chi connectivity index (χ4n) is 0.662. The first-order chi connectivity index (χ1) is 9.07. The molecule has 0 bridgehead atoms. The summed E-state index contributed by atoms with van der Waals surface area (Å²) in [7, 11) is -1.22. The second-order valence-electron chi connectivity index (χ2n) is 3.47. The molecule has 0 atom stereocenters. The number of aromatic carboxylic acids is 2. The van der Waals surface area contributed by atoms with Crippen LogP contribution in [0.3, 0.4) is 0 Å². The standard InChI is InChI=1S/C7H5NO4.2C2H6OS.Ni.H2O/c9-6(10)4-2-1-3-5(8-4)7(11)12;2*1-4(2)3;;/h1-3H,(H,9,10)(H,11,12);2*1-2H3;;1H2/q;;;+2;/p-1. The van der Waals surface area contributed by atoms with Crippen LogP contribution < -0.4 is 10.2 Å². The van der Waals surface area contributed by atoms with Gasteiger partial charge in [-0.1, -0.05) is 6.07 Å². The molecule has 0 aliphatic heterocycles. The van der Waals surface area contributed by atoms with Gasteiger partial charge >= 0.3 is 16.5 Å². The number of hydrogen-bond donors (Lipinski definition) is 0. The second kappa shape index (κ2) is 16.2. The second-order valence-corrected chi connectivity index (χ2v) is 6.43. The molecule has 1 aromatic rings. The summed E-state index contributed by atoms with van der Waals surface area (Å²) in [6.45, 7) is 0. The van der Waals surface area contributed by atoms with Gasteiger partial charge in [0, 0.05) is 46.6 Å². The van der Waals surface area contributed by atoms with Crippen LogP contribution in [0.15, 0.2) is 18.2 Å². The van der Waals surface area contributed by atoms with Gasteiger partial charge in [0.15, 0.2) is 0 Å². The number of carbonyl (C=O) groups is 2. The molecule has 11 heteroatoms. The number of aromatic nitrogens is 1. The van der Waals surface area contributed by atoms with E-state index in [1.807, 2.05) is 0 Å². The van der Waals surface area contributed by atoms with E-state index in [1.54, 1.807) is 25.0 Å². The number of carboxylic acid groups (broad SMARTS) is 2. The first kappa shape index (κ1) is 28.9. The zero-order chi connectivity index (χ0) is 16.3. The Morgan fingerprint density at radius 3 is 1.32 bits per heavy atom. The SMILES string of the molecule is CS(C)=O.CS(C)=O.O=C([O-])c1cccc(C(=O)[O-])n1.[Ni+2].[OH3+]. The average Bonchev–Trinajstić information content (AvgIpc) is 2.27. The van der Waals surface area contributed by atoms with Crippen molar-refractivity contribution in [2.75, 3.05) is 25.0 Å². The fraction of sp³-hybridized carbons (Fsp3) is 0.364. The van der Waals surface area contributed by atoms with Crippen LogP contribution in [0, 0.1) is 0 Å². The molecule has 3 N–H and O–H groups in total. The van der Waals surface area contributed by atoms with E-state index in [1.165, 1.54) is 6.07 Å². The molecule has 0 saturated heterocycles.